The third-order valence-electron chi connectivity index (χ3n) is 3.86. The smallest absolute Gasteiger partial charge is 0.244 e. The molecule has 0 radical (unpaired) electrons. The summed E-state index contributed by atoms with van der Waals surface area (Å²) in [5.41, 5.74) is 2.36. The highest BCUT2D eigenvalue weighted by Gasteiger charge is 2.30. The second kappa shape index (κ2) is 4.55. The number of fused-ring (bicyclic) bond motifs is 1. The van der Waals surface area contributed by atoms with Gasteiger partial charge in [-0.2, -0.15) is 0 Å². The predicted molar refractivity (Wildman–Crippen MR) is 68.3 cm³/mol. The molecule has 3 rings (SSSR count). The van der Waals surface area contributed by atoms with E-state index in [0.29, 0.717) is 0 Å². The van der Waals surface area contributed by atoms with Crippen LogP contribution in [0.15, 0.2) is 6.33 Å². The Kier molecular flexibility index (Phi) is 2.89. The van der Waals surface area contributed by atoms with E-state index in [-0.39, 0.29) is 11.9 Å². The number of rotatable bonds is 2. The summed E-state index contributed by atoms with van der Waals surface area (Å²) in [5, 5.41) is 3.31. The standard InChI is InChI=1S/C13H18N4O/c1-17-7-6-11(13(17)18)16-12-9-4-2-3-5-10(9)14-8-15-12/h8,11H,2-7H2,1H3,(H,14,15,16). The van der Waals surface area contributed by atoms with Gasteiger partial charge in [0.05, 0.1) is 0 Å². The molecule has 1 fully saturated rings. The van der Waals surface area contributed by atoms with Crippen molar-refractivity contribution in [3.05, 3.63) is 17.6 Å². The minimum absolute atomic E-state index is 0.115. The fourth-order valence-electron chi connectivity index (χ4n) is 2.77. The zero-order chi connectivity index (χ0) is 12.5. The second-order valence-corrected chi connectivity index (χ2v) is 5.10. The summed E-state index contributed by atoms with van der Waals surface area (Å²) >= 11 is 0. The molecule has 1 unspecified atom stereocenters. The minimum Gasteiger partial charge on any atom is -0.358 e. The zero-order valence-electron chi connectivity index (χ0n) is 10.6. The van der Waals surface area contributed by atoms with Crippen molar-refractivity contribution in [2.24, 2.45) is 0 Å². The van der Waals surface area contributed by atoms with Crippen LogP contribution in [0.4, 0.5) is 5.82 Å². The SMILES string of the molecule is CN1CCC(Nc2ncnc3c2CCCC3)C1=O. The molecule has 96 valence electrons. The quantitative estimate of drug-likeness (QED) is 0.845. The lowest BCUT2D eigenvalue weighted by atomic mass is 9.96. The number of carbonyl (C=O) groups excluding carboxylic acids is 1. The first-order valence-electron chi connectivity index (χ1n) is 6.60. The largest absolute Gasteiger partial charge is 0.358 e. The van der Waals surface area contributed by atoms with Gasteiger partial charge in [-0.05, 0) is 32.1 Å². The number of amides is 1. The summed E-state index contributed by atoms with van der Waals surface area (Å²) < 4.78 is 0. The normalized spacial score (nSPS) is 23.1. The lowest BCUT2D eigenvalue weighted by Crippen LogP contribution is -2.32. The van der Waals surface area contributed by atoms with Crippen LogP contribution in [0.5, 0.6) is 0 Å². The third-order valence-corrected chi connectivity index (χ3v) is 3.86. The second-order valence-electron chi connectivity index (χ2n) is 5.10. The minimum atomic E-state index is -0.115. The summed E-state index contributed by atoms with van der Waals surface area (Å²) in [7, 11) is 1.85. The molecule has 0 spiro atoms. The molecule has 0 saturated carbocycles. The first-order chi connectivity index (χ1) is 8.75. The van der Waals surface area contributed by atoms with Gasteiger partial charge in [-0.3, -0.25) is 4.79 Å². The number of hydrogen-bond acceptors (Lipinski definition) is 4. The Morgan fingerprint density at radius 2 is 2.17 bits per heavy atom. The summed E-state index contributed by atoms with van der Waals surface area (Å²) in [4.78, 5) is 22.3. The van der Waals surface area contributed by atoms with Gasteiger partial charge in [-0.1, -0.05) is 0 Å². The number of anilines is 1. The van der Waals surface area contributed by atoms with Gasteiger partial charge >= 0.3 is 0 Å². The third kappa shape index (κ3) is 1.94. The van der Waals surface area contributed by atoms with Crippen LogP contribution >= 0.6 is 0 Å². The van der Waals surface area contributed by atoms with Crippen LogP contribution in [0.1, 0.15) is 30.5 Å². The molecule has 5 heteroatoms. The maximum absolute atomic E-state index is 11.9. The lowest BCUT2D eigenvalue weighted by Gasteiger charge is -2.20. The Bertz CT molecular complexity index is 474. The van der Waals surface area contributed by atoms with Gasteiger partial charge in [-0.25, -0.2) is 9.97 Å². The van der Waals surface area contributed by atoms with Crippen molar-refractivity contribution in [2.45, 2.75) is 38.1 Å². The lowest BCUT2D eigenvalue weighted by molar-refractivity contribution is -0.127. The van der Waals surface area contributed by atoms with Crippen LogP contribution in [0, 0.1) is 0 Å². The average Bonchev–Trinajstić information content (AvgIpc) is 2.71. The first-order valence-corrected chi connectivity index (χ1v) is 6.60. The van der Waals surface area contributed by atoms with E-state index in [0.717, 1.165) is 37.3 Å². The Labute approximate surface area is 107 Å². The van der Waals surface area contributed by atoms with Gasteiger partial charge < -0.3 is 10.2 Å². The Balaban J connectivity index is 1.83. The number of aryl methyl sites for hydroxylation is 1. The van der Waals surface area contributed by atoms with Gasteiger partial charge in [0.2, 0.25) is 5.91 Å². The fraction of sp³-hybridized carbons (Fsp3) is 0.615. The highest BCUT2D eigenvalue weighted by molar-refractivity contribution is 5.86. The van der Waals surface area contributed by atoms with E-state index in [2.05, 4.69) is 15.3 Å². The molecule has 1 aliphatic heterocycles. The summed E-state index contributed by atoms with van der Waals surface area (Å²) in [6, 6.07) is -0.115. The van der Waals surface area contributed by atoms with Crippen molar-refractivity contribution >= 4 is 11.7 Å². The number of aromatic nitrogens is 2. The van der Waals surface area contributed by atoms with Crippen LogP contribution in [0.25, 0.3) is 0 Å². The topological polar surface area (TPSA) is 58.1 Å². The van der Waals surface area contributed by atoms with Crippen molar-refractivity contribution in [2.75, 3.05) is 18.9 Å². The molecule has 1 saturated heterocycles. The van der Waals surface area contributed by atoms with Crippen molar-refractivity contribution in [1.29, 1.82) is 0 Å². The van der Waals surface area contributed by atoms with E-state index in [9.17, 15) is 4.79 Å². The van der Waals surface area contributed by atoms with Crippen LogP contribution < -0.4 is 5.32 Å². The van der Waals surface area contributed by atoms with Crippen molar-refractivity contribution in [1.82, 2.24) is 14.9 Å². The molecule has 0 aromatic carbocycles. The Hall–Kier alpha value is -1.65. The van der Waals surface area contributed by atoms with E-state index in [1.54, 1.807) is 11.2 Å². The van der Waals surface area contributed by atoms with Gasteiger partial charge in [0.15, 0.2) is 0 Å². The number of likely N-dealkylation sites (tertiary alicyclic amines) is 1. The Morgan fingerprint density at radius 3 is 2.94 bits per heavy atom. The number of hydrogen-bond donors (Lipinski definition) is 1. The highest BCUT2D eigenvalue weighted by Crippen LogP contribution is 2.26. The maximum atomic E-state index is 11.9. The van der Waals surface area contributed by atoms with Gasteiger partial charge in [0.25, 0.3) is 0 Å². The van der Waals surface area contributed by atoms with Crippen molar-refractivity contribution in [3.8, 4) is 0 Å². The molecule has 2 heterocycles. The highest BCUT2D eigenvalue weighted by atomic mass is 16.2. The first kappa shape index (κ1) is 11.4. The predicted octanol–water partition coefficient (Wildman–Crippen LogP) is 0.998. The van der Waals surface area contributed by atoms with Gasteiger partial charge in [0, 0.05) is 24.8 Å². The molecule has 1 aromatic rings. The van der Waals surface area contributed by atoms with Gasteiger partial charge in [-0.15, -0.1) is 0 Å². The Morgan fingerprint density at radius 1 is 1.33 bits per heavy atom. The van der Waals surface area contributed by atoms with Crippen molar-refractivity contribution < 1.29 is 4.79 Å². The van der Waals surface area contributed by atoms with Crippen LogP contribution in [-0.4, -0.2) is 40.4 Å². The number of nitrogens with zero attached hydrogens (tertiary/aromatic N) is 3. The van der Waals surface area contributed by atoms with E-state index < -0.39 is 0 Å². The number of nitrogens with one attached hydrogen (secondary N) is 1. The van der Waals surface area contributed by atoms with Crippen LogP contribution in [-0.2, 0) is 17.6 Å². The van der Waals surface area contributed by atoms with Crippen molar-refractivity contribution in [3.63, 3.8) is 0 Å². The van der Waals surface area contributed by atoms with E-state index in [4.69, 9.17) is 0 Å². The molecule has 1 aliphatic carbocycles. The number of likely N-dealkylation sites (N-methyl/N-ethyl adjacent to an activating group) is 1. The molecular formula is C13H18N4O. The number of carbonyl (C=O) groups is 1. The summed E-state index contributed by atoms with van der Waals surface area (Å²) in [6.45, 7) is 0.823. The monoisotopic (exact) mass is 246 g/mol. The molecule has 18 heavy (non-hydrogen) atoms. The van der Waals surface area contributed by atoms with E-state index >= 15 is 0 Å². The molecule has 0 bridgehead atoms. The van der Waals surface area contributed by atoms with Crippen LogP contribution in [0.2, 0.25) is 0 Å². The molecule has 1 amide bonds. The molecule has 5 nitrogen and oxygen atoms in total. The van der Waals surface area contributed by atoms with Crippen LogP contribution in [0.3, 0.4) is 0 Å². The molecule has 1 aromatic heterocycles. The molecular weight excluding hydrogens is 228 g/mol. The summed E-state index contributed by atoms with van der Waals surface area (Å²) in [5.74, 6) is 1.03. The maximum Gasteiger partial charge on any atom is 0.244 e. The molecule has 2 aliphatic rings. The van der Waals surface area contributed by atoms with Gasteiger partial charge in [0.1, 0.15) is 18.2 Å². The molecule has 1 atom stereocenters. The van der Waals surface area contributed by atoms with E-state index in [1.165, 1.54) is 18.4 Å². The average molecular weight is 246 g/mol. The van der Waals surface area contributed by atoms with E-state index in [1.807, 2.05) is 7.05 Å². The molecule has 1 N–H and O–H groups in total. The zero-order valence-corrected chi connectivity index (χ0v) is 10.6. The summed E-state index contributed by atoms with van der Waals surface area (Å²) in [6.07, 6.45) is 6.91. The fourth-order valence-corrected chi connectivity index (χ4v) is 2.77.